The van der Waals surface area contributed by atoms with Gasteiger partial charge in [-0.15, -0.1) is 10.2 Å². The molecule has 3 aromatic heterocycles. The Balaban J connectivity index is 2.09. The van der Waals surface area contributed by atoms with Gasteiger partial charge in [0.2, 0.25) is 5.78 Å². The molecule has 0 aliphatic heterocycles. The highest BCUT2D eigenvalue weighted by Crippen LogP contribution is 2.26. The molecule has 4 aromatic rings. The maximum Gasteiger partial charge on any atom is 0.332 e. The van der Waals surface area contributed by atoms with Gasteiger partial charge in [0.25, 0.3) is 5.56 Å². The van der Waals surface area contributed by atoms with E-state index >= 15 is 0 Å². The topological polar surface area (TPSA) is 88.3 Å². The van der Waals surface area contributed by atoms with Crippen LogP contribution in [-0.4, -0.2) is 34.9 Å². The van der Waals surface area contributed by atoms with Crippen molar-refractivity contribution in [2.24, 2.45) is 20.0 Å². The average Bonchev–Trinajstić information content (AvgIpc) is 3.24. The lowest BCUT2D eigenvalue weighted by Crippen LogP contribution is -2.38. The summed E-state index contributed by atoms with van der Waals surface area (Å²) in [6.45, 7) is 7.24. The molecule has 0 radical (unpaired) electrons. The molecule has 0 spiro atoms. The first-order valence-corrected chi connectivity index (χ1v) is 9.61. The van der Waals surface area contributed by atoms with Crippen molar-refractivity contribution in [3.8, 4) is 17.1 Å². The second kappa shape index (κ2) is 6.91. The van der Waals surface area contributed by atoms with Crippen LogP contribution in [0.2, 0.25) is 0 Å². The van der Waals surface area contributed by atoms with Crippen molar-refractivity contribution in [3.63, 3.8) is 0 Å². The Labute approximate surface area is 166 Å². The standard InChI is InChI=1S/C20H24N6O3/c1-6-29-14-9-7-13(8-10-14)16-21-22-19-25(11-12(2)3)15-17(26(16)19)23(4)20(28)24(5)18(15)27/h7-10,12H,6,11H2,1-5H3. The summed E-state index contributed by atoms with van der Waals surface area (Å²) in [5.74, 6) is 2.15. The molecule has 0 saturated heterocycles. The molecule has 0 atom stereocenters. The van der Waals surface area contributed by atoms with E-state index in [-0.39, 0.29) is 11.5 Å². The number of benzene rings is 1. The molecule has 0 fully saturated rings. The van der Waals surface area contributed by atoms with Crippen molar-refractivity contribution in [2.45, 2.75) is 27.3 Å². The minimum atomic E-state index is -0.391. The van der Waals surface area contributed by atoms with Gasteiger partial charge in [0.05, 0.1) is 6.61 Å². The number of nitrogens with zero attached hydrogens (tertiary/aromatic N) is 6. The Morgan fingerprint density at radius 3 is 2.34 bits per heavy atom. The fraction of sp³-hybridized carbons (Fsp3) is 0.400. The highest BCUT2D eigenvalue weighted by molar-refractivity contribution is 5.79. The van der Waals surface area contributed by atoms with E-state index in [4.69, 9.17) is 4.74 Å². The molecule has 3 heterocycles. The number of fused-ring (bicyclic) bond motifs is 3. The molecule has 152 valence electrons. The maximum absolute atomic E-state index is 13.0. The first-order chi connectivity index (χ1) is 13.8. The monoisotopic (exact) mass is 396 g/mol. The number of hydrogen-bond acceptors (Lipinski definition) is 5. The van der Waals surface area contributed by atoms with E-state index in [0.29, 0.717) is 35.9 Å². The van der Waals surface area contributed by atoms with Crippen molar-refractivity contribution < 1.29 is 4.74 Å². The second-order valence-corrected chi connectivity index (χ2v) is 7.50. The lowest BCUT2D eigenvalue weighted by atomic mass is 10.2. The Bertz CT molecular complexity index is 1320. The molecular formula is C20H24N6O3. The van der Waals surface area contributed by atoms with Gasteiger partial charge in [-0.3, -0.25) is 13.9 Å². The molecule has 4 rings (SSSR count). The van der Waals surface area contributed by atoms with Crippen LogP contribution in [-0.2, 0) is 20.6 Å². The van der Waals surface area contributed by atoms with Crippen LogP contribution in [0.15, 0.2) is 33.9 Å². The number of imidazole rings is 1. The number of ether oxygens (including phenoxy) is 1. The zero-order valence-electron chi connectivity index (χ0n) is 17.2. The Morgan fingerprint density at radius 2 is 1.72 bits per heavy atom. The normalized spacial score (nSPS) is 11.8. The lowest BCUT2D eigenvalue weighted by molar-refractivity contribution is 0.340. The second-order valence-electron chi connectivity index (χ2n) is 7.50. The molecule has 0 saturated carbocycles. The molecule has 0 amide bonds. The summed E-state index contributed by atoms with van der Waals surface area (Å²) in [6, 6.07) is 7.52. The van der Waals surface area contributed by atoms with Gasteiger partial charge in [-0.25, -0.2) is 9.20 Å². The first kappa shape index (κ1) is 19.0. The molecule has 1 aromatic carbocycles. The fourth-order valence-corrected chi connectivity index (χ4v) is 3.65. The number of hydrogen-bond donors (Lipinski definition) is 0. The van der Waals surface area contributed by atoms with Crippen molar-refractivity contribution in [1.82, 2.24) is 28.3 Å². The van der Waals surface area contributed by atoms with Crippen LogP contribution in [0.4, 0.5) is 0 Å². The zero-order valence-corrected chi connectivity index (χ0v) is 17.2. The third-order valence-electron chi connectivity index (χ3n) is 4.95. The quantitative estimate of drug-likeness (QED) is 0.513. The zero-order chi connectivity index (χ0) is 20.9. The number of aryl methyl sites for hydroxylation is 1. The molecule has 29 heavy (non-hydrogen) atoms. The van der Waals surface area contributed by atoms with Gasteiger partial charge in [-0.1, -0.05) is 13.8 Å². The van der Waals surface area contributed by atoms with Crippen molar-refractivity contribution in [1.29, 1.82) is 0 Å². The van der Waals surface area contributed by atoms with E-state index in [1.165, 1.54) is 11.6 Å². The Morgan fingerprint density at radius 1 is 1.03 bits per heavy atom. The predicted molar refractivity (Wildman–Crippen MR) is 110 cm³/mol. The van der Waals surface area contributed by atoms with E-state index < -0.39 is 5.69 Å². The number of aromatic nitrogens is 6. The first-order valence-electron chi connectivity index (χ1n) is 9.61. The largest absolute Gasteiger partial charge is 0.494 e. The minimum Gasteiger partial charge on any atom is -0.494 e. The molecule has 0 unspecified atom stereocenters. The molecule has 0 N–H and O–H groups in total. The van der Waals surface area contributed by atoms with Crippen LogP contribution < -0.4 is 16.0 Å². The summed E-state index contributed by atoms with van der Waals surface area (Å²) in [5, 5.41) is 8.74. The van der Waals surface area contributed by atoms with Gasteiger partial charge in [0.1, 0.15) is 5.75 Å². The van der Waals surface area contributed by atoms with Crippen molar-refractivity contribution in [2.75, 3.05) is 6.61 Å². The summed E-state index contributed by atoms with van der Waals surface area (Å²) in [4.78, 5) is 25.6. The minimum absolute atomic E-state index is 0.280. The highest BCUT2D eigenvalue weighted by atomic mass is 16.5. The Kier molecular flexibility index (Phi) is 4.52. The van der Waals surface area contributed by atoms with E-state index in [1.54, 1.807) is 11.4 Å². The average molecular weight is 396 g/mol. The summed E-state index contributed by atoms with van der Waals surface area (Å²) in [5.41, 5.74) is 1.02. The third-order valence-corrected chi connectivity index (χ3v) is 4.95. The predicted octanol–water partition coefficient (Wildman–Crippen LogP) is 1.80. The fourth-order valence-electron chi connectivity index (χ4n) is 3.65. The van der Waals surface area contributed by atoms with Gasteiger partial charge in [-0.2, -0.15) is 0 Å². The smallest absolute Gasteiger partial charge is 0.332 e. The van der Waals surface area contributed by atoms with Gasteiger partial charge >= 0.3 is 5.69 Å². The van der Waals surface area contributed by atoms with Crippen LogP contribution in [0.5, 0.6) is 5.75 Å². The Hall–Kier alpha value is -3.36. The SMILES string of the molecule is CCOc1ccc(-c2nnc3n(CC(C)C)c4c(=O)n(C)c(=O)n(C)c4n23)cc1. The molecule has 0 aliphatic rings. The van der Waals surface area contributed by atoms with Gasteiger partial charge in [0.15, 0.2) is 17.0 Å². The highest BCUT2D eigenvalue weighted by Gasteiger charge is 2.24. The molecular weight excluding hydrogens is 372 g/mol. The number of rotatable bonds is 5. The van der Waals surface area contributed by atoms with Crippen LogP contribution in [0.3, 0.4) is 0 Å². The maximum atomic E-state index is 13.0. The third kappa shape index (κ3) is 2.84. The van der Waals surface area contributed by atoms with E-state index in [2.05, 4.69) is 24.0 Å². The van der Waals surface area contributed by atoms with Crippen LogP contribution in [0, 0.1) is 5.92 Å². The van der Waals surface area contributed by atoms with Crippen molar-refractivity contribution in [3.05, 3.63) is 45.1 Å². The van der Waals surface area contributed by atoms with Crippen LogP contribution >= 0.6 is 0 Å². The molecule has 0 aliphatic carbocycles. The molecule has 9 heteroatoms. The summed E-state index contributed by atoms with van der Waals surface area (Å²) in [6.07, 6.45) is 0. The van der Waals surface area contributed by atoms with Crippen LogP contribution in [0.25, 0.3) is 28.3 Å². The summed E-state index contributed by atoms with van der Waals surface area (Å²) >= 11 is 0. The molecule has 0 bridgehead atoms. The lowest BCUT2D eigenvalue weighted by Gasteiger charge is -2.09. The van der Waals surface area contributed by atoms with Crippen molar-refractivity contribution >= 4 is 16.9 Å². The van der Waals surface area contributed by atoms with Gasteiger partial charge in [0, 0.05) is 26.2 Å². The molecule has 9 nitrogen and oxygen atoms in total. The summed E-state index contributed by atoms with van der Waals surface area (Å²) in [7, 11) is 3.15. The van der Waals surface area contributed by atoms with E-state index in [9.17, 15) is 9.59 Å². The van der Waals surface area contributed by atoms with Gasteiger partial charge < -0.3 is 9.30 Å². The van der Waals surface area contributed by atoms with E-state index in [1.807, 2.05) is 35.8 Å². The van der Waals surface area contributed by atoms with Crippen LogP contribution in [0.1, 0.15) is 20.8 Å². The van der Waals surface area contributed by atoms with E-state index in [0.717, 1.165) is 15.9 Å². The summed E-state index contributed by atoms with van der Waals surface area (Å²) < 4.78 is 11.8. The van der Waals surface area contributed by atoms with Gasteiger partial charge in [-0.05, 0) is 37.1 Å².